The summed E-state index contributed by atoms with van der Waals surface area (Å²) in [7, 11) is 0. The van der Waals surface area contributed by atoms with E-state index in [1.165, 1.54) is 23.9 Å². The van der Waals surface area contributed by atoms with Crippen LogP contribution in [0.2, 0.25) is 0 Å². The van der Waals surface area contributed by atoms with Crippen molar-refractivity contribution < 1.29 is 19.2 Å². The van der Waals surface area contributed by atoms with Gasteiger partial charge in [0.05, 0.1) is 29.6 Å². The zero-order chi connectivity index (χ0) is 30.0. The molecule has 1 spiro atoms. The van der Waals surface area contributed by atoms with Crippen LogP contribution < -0.4 is 19.4 Å². The maximum absolute atomic E-state index is 14.4. The van der Waals surface area contributed by atoms with E-state index in [-0.39, 0.29) is 23.3 Å². The highest BCUT2D eigenvalue weighted by Gasteiger charge is 2.61. The lowest BCUT2D eigenvalue weighted by Crippen LogP contribution is -2.54. The largest absolute Gasteiger partial charge is 0.494 e. The van der Waals surface area contributed by atoms with Gasteiger partial charge in [0.15, 0.2) is 0 Å². The van der Waals surface area contributed by atoms with Gasteiger partial charge >= 0.3 is 0 Å². The third kappa shape index (κ3) is 5.43. The summed E-state index contributed by atoms with van der Waals surface area (Å²) in [4.78, 5) is 45.2. The molecule has 3 aromatic rings. The summed E-state index contributed by atoms with van der Waals surface area (Å²) in [6, 6.07) is 21.9. The Balaban J connectivity index is 1.19. The third-order valence-corrected chi connectivity index (χ3v) is 9.70. The predicted octanol–water partition coefficient (Wildman–Crippen LogP) is 5.22. The van der Waals surface area contributed by atoms with Gasteiger partial charge in [-0.3, -0.25) is 34.4 Å². The zero-order valence-corrected chi connectivity index (χ0v) is 25.0. The molecule has 2 saturated heterocycles. The minimum absolute atomic E-state index is 0.0755. The first-order valence-corrected chi connectivity index (χ1v) is 15.7. The van der Waals surface area contributed by atoms with Crippen molar-refractivity contribution in [2.24, 2.45) is 0 Å². The number of benzene rings is 3. The number of carbonyl (C=O) groups is 2. The fraction of sp³-hybridized carbons (Fsp3) is 0.375. The third-order valence-electron chi connectivity index (χ3n) is 8.31. The number of hydrogen-bond acceptors (Lipinski definition) is 8. The number of fused-ring (bicyclic) bond motifs is 2. The van der Waals surface area contributed by atoms with Gasteiger partial charge in [0.2, 0.25) is 10.8 Å². The predicted molar refractivity (Wildman–Crippen MR) is 169 cm³/mol. The maximum atomic E-state index is 14.4. The molecule has 224 valence electrons. The Kier molecular flexibility index (Phi) is 8.27. The second-order valence-corrected chi connectivity index (χ2v) is 12.1. The van der Waals surface area contributed by atoms with Crippen molar-refractivity contribution in [3.63, 3.8) is 0 Å². The van der Waals surface area contributed by atoms with Crippen molar-refractivity contribution >= 4 is 46.3 Å². The Morgan fingerprint density at radius 3 is 2.30 bits per heavy atom. The van der Waals surface area contributed by atoms with Crippen LogP contribution in [0.25, 0.3) is 0 Å². The Hall–Kier alpha value is -4.09. The van der Waals surface area contributed by atoms with E-state index in [9.17, 15) is 19.7 Å². The number of anilines is 3. The Morgan fingerprint density at radius 2 is 1.60 bits per heavy atom. The lowest BCUT2D eigenvalue weighted by atomic mass is 10.0. The lowest BCUT2D eigenvalue weighted by Gasteiger charge is -2.38. The molecular formula is C32H35N5O5S. The van der Waals surface area contributed by atoms with Crippen LogP contribution in [0.1, 0.15) is 31.7 Å². The second-order valence-electron chi connectivity index (χ2n) is 11.0. The normalized spacial score (nSPS) is 20.3. The van der Waals surface area contributed by atoms with E-state index < -0.39 is 9.79 Å². The molecular weight excluding hydrogens is 566 g/mol. The molecule has 2 fully saturated rings. The Bertz CT molecular complexity index is 1490. The molecule has 0 bridgehead atoms. The molecule has 0 aromatic heterocycles. The van der Waals surface area contributed by atoms with E-state index in [4.69, 9.17) is 4.74 Å². The number of thioether (sulfide) groups is 1. The van der Waals surface area contributed by atoms with Crippen molar-refractivity contribution in [2.75, 3.05) is 59.9 Å². The SMILES string of the molecule is CCCCCOc1ccc(N2C(=O)CS[C@@]23C(=O)N(CN2CCN(c4ccc([N+](=O)[O-])cc4)CC2)c2ccccc23)cc1. The van der Waals surface area contributed by atoms with E-state index in [1.54, 1.807) is 17.0 Å². The quantitative estimate of drug-likeness (QED) is 0.177. The number of nitro groups is 1. The van der Waals surface area contributed by atoms with E-state index in [2.05, 4.69) is 16.7 Å². The summed E-state index contributed by atoms with van der Waals surface area (Å²) in [5.41, 5.74) is 3.36. The average molecular weight is 602 g/mol. The van der Waals surface area contributed by atoms with Crippen LogP contribution in [-0.2, 0) is 14.5 Å². The molecule has 1 atom stereocenters. The molecule has 3 heterocycles. The number of unbranched alkanes of at least 4 members (excludes halogenated alkanes) is 2. The fourth-order valence-corrected chi connectivity index (χ4v) is 7.42. The van der Waals surface area contributed by atoms with E-state index >= 15 is 0 Å². The highest BCUT2D eigenvalue weighted by molar-refractivity contribution is 8.02. The lowest BCUT2D eigenvalue weighted by molar-refractivity contribution is -0.384. The molecule has 43 heavy (non-hydrogen) atoms. The topological polar surface area (TPSA) is 99.5 Å². The van der Waals surface area contributed by atoms with Gasteiger partial charge in [-0.15, -0.1) is 11.8 Å². The first kappa shape index (κ1) is 29.0. The molecule has 0 unspecified atom stereocenters. The molecule has 3 aliphatic rings. The molecule has 3 aromatic carbocycles. The summed E-state index contributed by atoms with van der Waals surface area (Å²) >= 11 is 1.38. The minimum atomic E-state index is -1.16. The molecule has 0 saturated carbocycles. The van der Waals surface area contributed by atoms with Gasteiger partial charge in [0.25, 0.3) is 11.6 Å². The number of nitro benzene ring substituents is 1. The molecule has 6 rings (SSSR count). The zero-order valence-electron chi connectivity index (χ0n) is 24.2. The minimum Gasteiger partial charge on any atom is -0.494 e. The van der Waals surface area contributed by atoms with Gasteiger partial charge in [-0.2, -0.15) is 0 Å². The molecule has 0 radical (unpaired) electrons. The number of para-hydroxylation sites is 1. The second kappa shape index (κ2) is 12.3. The highest BCUT2D eigenvalue weighted by atomic mass is 32.2. The number of non-ortho nitro benzene ring substituents is 1. The van der Waals surface area contributed by atoms with Crippen molar-refractivity contribution in [3.8, 4) is 5.75 Å². The summed E-state index contributed by atoms with van der Waals surface area (Å²) in [6.07, 6.45) is 3.24. The molecule has 3 aliphatic heterocycles. The van der Waals surface area contributed by atoms with Gasteiger partial charge in [-0.05, 0) is 48.9 Å². The molecule has 0 aliphatic carbocycles. The number of ether oxygens (including phenoxy) is 1. The van der Waals surface area contributed by atoms with Crippen LogP contribution in [0.15, 0.2) is 72.8 Å². The van der Waals surface area contributed by atoms with Gasteiger partial charge < -0.3 is 9.64 Å². The monoisotopic (exact) mass is 601 g/mol. The van der Waals surface area contributed by atoms with Crippen LogP contribution in [0.5, 0.6) is 5.75 Å². The Labute approximate surface area is 255 Å². The fourth-order valence-electron chi connectivity index (χ4n) is 6.06. The number of piperazine rings is 1. The highest BCUT2D eigenvalue weighted by Crippen LogP contribution is 2.55. The van der Waals surface area contributed by atoms with E-state index in [1.807, 2.05) is 53.4 Å². The Morgan fingerprint density at radius 1 is 0.907 bits per heavy atom. The number of rotatable bonds is 10. The van der Waals surface area contributed by atoms with Gasteiger partial charge in [0, 0.05) is 55.2 Å². The smallest absolute Gasteiger partial charge is 0.269 e. The van der Waals surface area contributed by atoms with E-state index in [0.717, 1.165) is 68.1 Å². The molecule has 10 nitrogen and oxygen atoms in total. The standard InChI is InChI=1S/C32H35N5O5S/c1-2-3-6-21-42-27-15-13-25(14-16-27)36-30(38)22-43-32(36)28-7-4-5-8-29(28)35(31(32)39)23-33-17-19-34(20-18-33)24-9-11-26(12-10-24)37(40)41/h4-5,7-16H,2-3,6,17-23H2,1H3/t32-/m0/s1. The summed E-state index contributed by atoms with van der Waals surface area (Å²) < 4.78 is 5.88. The number of nitrogens with zero attached hydrogens (tertiary/aromatic N) is 5. The summed E-state index contributed by atoms with van der Waals surface area (Å²) in [5, 5.41) is 11.0. The molecule has 2 amide bonds. The molecule has 11 heteroatoms. The van der Waals surface area contributed by atoms with Crippen molar-refractivity contribution in [1.82, 2.24) is 4.90 Å². The van der Waals surface area contributed by atoms with Crippen LogP contribution in [0.3, 0.4) is 0 Å². The van der Waals surface area contributed by atoms with Crippen LogP contribution in [-0.4, -0.2) is 66.8 Å². The maximum Gasteiger partial charge on any atom is 0.269 e. The van der Waals surface area contributed by atoms with Gasteiger partial charge in [0.1, 0.15) is 5.75 Å². The average Bonchev–Trinajstić information content (AvgIpc) is 3.50. The van der Waals surface area contributed by atoms with E-state index in [0.29, 0.717) is 19.0 Å². The first-order valence-electron chi connectivity index (χ1n) is 14.8. The van der Waals surface area contributed by atoms with Crippen LogP contribution in [0, 0.1) is 10.1 Å². The summed E-state index contributed by atoms with van der Waals surface area (Å²) in [6.45, 7) is 6.15. The number of carbonyl (C=O) groups excluding carboxylic acids is 2. The van der Waals surface area contributed by atoms with Gasteiger partial charge in [-0.1, -0.05) is 38.0 Å². The molecule has 0 N–H and O–H groups in total. The van der Waals surface area contributed by atoms with Crippen molar-refractivity contribution in [3.05, 3.63) is 88.5 Å². The van der Waals surface area contributed by atoms with Crippen molar-refractivity contribution in [1.29, 1.82) is 0 Å². The number of amides is 2. The van der Waals surface area contributed by atoms with Crippen LogP contribution in [0.4, 0.5) is 22.7 Å². The number of hydrogen-bond donors (Lipinski definition) is 0. The summed E-state index contributed by atoms with van der Waals surface area (Å²) in [5.74, 6) is 0.767. The van der Waals surface area contributed by atoms with Crippen LogP contribution >= 0.6 is 11.8 Å². The first-order chi connectivity index (χ1) is 20.9. The van der Waals surface area contributed by atoms with Crippen molar-refractivity contribution in [2.45, 2.75) is 31.1 Å². The van der Waals surface area contributed by atoms with Gasteiger partial charge in [-0.25, -0.2) is 0 Å².